The summed E-state index contributed by atoms with van der Waals surface area (Å²) in [5.74, 6) is 0.850. The van der Waals surface area contributed by atoms with E-state index in [0.29, 0.717) is 6.04 Å². The minimum Gasteiger partial charge on any atom is -0.347 e. The van der Waals surface area contributed by atoms with E-state index >= 15 is 0 Å². The summed E-state index contributed by atoms with van der Waals surface area (Å²) in [4.78, 5) is 2.24. The van der Waals surface area contributed by atoms with E-state index in [0.717, 1.165) is 15.0 Å². The first-order valence-corrected chi connectivity index (χ1v) is 6.51. The molecule has 5 heteroatoms. The fourth-order valence-corrected chi connectivity index (χ4v) is 2.89. The zero-order valence-corrected chi connectivity index (χ0v) is 10.8. The van der Waals surface area contributed by atoms with E-state index in [2.05, 4.69) is 45.0 Å². The van der Waals surface area contributed by atoms with Gasteiger partial charge in [0.25, 0.3) is 0 Å². The molecule has 1 heterocycles. The Hall–Kier alpha value is -0.160. The molecular formula is C9H14BrN3S. The van der Waals surface area contributed by atoms with E-state index < -0.39 is 0 Å². The number of anilines is 1. The first-order chi connectivity index (χ1) is 6.68. The molecule has 0 aromatic carbocycles. The molecule has 0 radical (unpaired) electrons. The second-order valence-electron chi connectivity index (χ2n) is 3.88. The van der Waals surface area contributed by atoms with Gasteiger partial charge in [-0.1, -0.05) is 17.8 Å². The molecule has 1 saturated carbocycles. The molecule has 0 saturated heterocycles. The van der Waals surface area contributed by atoms with Crippen LogP contribution in [-0.4, -0.2) is 23.3 Å². The highest BCUT2D eigenvalue weighted by Gasteiger charge is 2.27. The van der Waals surface area contributed by atoms with Gasteiger partial charge in [0.2, 0.25) is 5.13 Å². The molecule has 78 valence electrons. The molecule has 1 fully saturated rings. The second-order valence-corrected chi connectivity index (χ2v) is 6.11. The van der Waals surface area contributed by atoms with E-state index in [1.54, 1.807) is 11.3 Å². The highest BCUT2D eigenvalue weighted by atomic mass is 79.9. The topological polar surface area (TPSA) is 29.0 Å². The van der Waals surface area contributed by atoms with Crippen LogP contribution in [0.3, 0.4) is 0 Å². The van der Waals surface area contributed by atoms with Gasteiger partial charge < -0.3 is 4.90 Å². The third-order valence-corrected chi connectivity index (χ3v) is 4.58. The summed E-state index contributed by atoms with van der Waals surface area (Å²) in [7, 11) is 2.11. The van der Waals surface area contributed by atoms with Crippen molar-refractivity contribution >= 4 is 32.4 Å². The molecule has 0 amide bonds. The zero-order chi connectivity index (χ0) is 10.1. The summed E-state index contributed by atoms with van der Waals surface area (Å²) in [6.45, 7) is 2.28. The van der Waals surface area contributed by atoms with E-state index in [-0.39, 0.29) is 0 Å². The Kier molecular flexibility index (Phi) is 3.07. The molecule has 1 aromatic rings. The lowest BCUT2D eigenvalue weighted by Crippen LogP contribution is -2.38. The van der Waals surface area contributed by atoms with Crippen LogP contribution >= 0.6 is 27.3 Å². The molecule has 2 rings (SSSR count). The predicted molar refractivity (Wildman–Crippen MR) is 62.8 cm³/mol. The Balaban J connectivity index is 2.03. The number of hydrogen-bond acceptors (Lipinski definition) is 4. The highest BCUT2D eigenvalue weighted by Crippen LogP contribution is 2.34. The summed E-state index contributed by atoms with van der Waals surface area (Å²) in [5, 5.41) is 9.10. The molecule has 0 bridgehead atoms. The van der Waals surface area contributed by atoms with Crippen LogP contribution in [0.5, 0.6) is 0 Å². The summed E-state index contributed by atoms with van der Waals surface area (Å²) in [6.07, 6.45) is 4.12. The Bertz CT molecular complexity index is 311. The van der Waals surface area contributed by atoms with Gasteiger partial charge >= 0.3 is 0 Å². The summed E-state index contributed by atoms with van der Waals surface area (Å²) in [5.41, 5.74) is 0. The monoisotopic (exact) mass is 275 g/mol. The number of halogens is 1. The first kappa shape index (κ1) is 10.4. The van der Waals surface area contributed by atoms with Crippen LogP contribution in [-0.2, 0) is 0 Å². The maximum atomic E-state index is 4.13. The van der Waals surface area contributed by atoms with Crippen LogP contribution in [0.4, 0.5) is 5.13 Å². The Labute approximate surface area is 96.7 Å². The van der Waals surface area contributed by atoms with Crippen molar-refractivity contribution in [2.75, 3.05) is 11.9 Å². The van der Waals surface area contributed by atoms with Crippen molar-refractivity contribution in [3.63, 3.8) is 0 Å². The van der Waals surface area contributed by atoms with Crippen molar-refractivity contribution in [1.29, 1.82) is 0 Å². The summed E-state index contributed by atoms with van der Waals surface area (Å²) in [6, 6.07) is 0.587. The quantitative estimate of drug-likeness (QED) is 0.850. The maximum Gasteiger partial charge on any atom is 0.209 e. The smallest absolute Gasteiger partial charge is 0.209 e. The minimum atomic E-state index is 0.587. The second kappa shape index (κ2) is 4.14. The fourth-order valence-electron chi connectivity index (χ4n) is 1.75. The van der Waals surface area contributed by atoms with Crippen LogP contribution in [0.25, 0.3) is 0 Å². The van der Waals surface area contributed by atoms with Crippen molar-refractivity contribution in [1.82, 2.24) is 10.2 Å². The molecule has 1 aliphatic carbocycles. The van der Waals surface area contributed by atoms with Gasteiger partial charge in [0.15, 0.2) is 3.92 Å². The lowest BCUT2D eigenvalue weighted by atomic mass is 9.80. The standard InChI is InChI=1S/C9H14BrN3S/c1-6(7-4-3-5-7)13(2)9-12-11-8(10)14-9/h6-7H,3-5H2,1-2H3. The lowest BCUT2D eigenvalue weighted by molar-refractivity contribution is 0.267. The Morgan fingerprint density at radius 1 is 1.50 bits per heavy atom. The molecular weight excluding hydrogens is 262 g/mol. The fraction of sp³-hybridized carbons (Fsp3) is 0.778. The van der Waals surface area contributed by atoms with E-state index in [1.165, 1.54) is 19.3 Å². The van der Waals surface area contributed by atoms with Gasteiger partial charge in [0, 0.05) is 13.1 Å². The molecule has 0 aliphatic heterocycles. The minimum absolute atomic E-state index is 0.587. The molecule has 3 nitrogen and oxygen atoms in total. The first-order valence-electron chi connectivity index (χ1n) is 4.90. The van der Waals surface area contributed by atoms with Crippen LogP contribution in [0.1, 0.15) is 26.2 Å². The lowest BCUT2D eigenvalue weighted by Gasteiger charge is -2.36. The zero-order valence-electron chi connectivity index (χ0n) is 8.40. The van der Waals surface area contributed by atoms with Crippen LogP contribution in [0.15, 0.2) is 3.92 Å². The van der Waals surface area contributed by atoms with Crippen molar-refractivity contribution in [2.24, 2.45) is 5.92 Å². The summed E-state index contributed by atoms with van der Waals surface area (Å²) < 4.78 is 0.861. The van der Waals surface area contributed by atoms with Gasteiger partial charge in [-0.2, -0.15) is 0 Å². The van der Waals surface area contributed by atoms with Gasteiger partial charge in [-0.25, -0.2) is 0 Å². The van der Waals surface area contributed by atoms with Gasteiger partial charge in [-0.15, -0.1) is 10.2 Å². The van der Waals surface area contributed by atoms with E-state index in [9.17, 15) is 0 Å². The average molecular weight is 276 g/mol. The number of rotatable bonds is 3. The highest BCUT2D eigenvalue weighted by molar-refractivity contribution is 9.11. The number of hydrogen-bond donors (Lipinski definition) is 0. The van der Waals surface area contributed by atoms with Crippen LogP contribution < -0.4 is 4.90 Å². The average Bonchev–Trinajstić information content (AvgIpc) is 2.47. The molecule has 1 aromatic heterocycles. The van der Waals surface area contributed by atoms with Crippen LogP contribution in [0, 0.1) is 5.92 Å². The largest absolute Gasteiger partial charge is 0.347 e. The van der Waals surface area contributed by atoms with E-state index in [1.807, 2.05) is 0 Å². The van der Waals surface area contributed by atoms with Crippen molar-refractivity contribution in [3.8, 4) is 0 Å². The Morgan fingerprint density at radius 2 is 2.21 bits per heavy atom. The third kappa shape index (κ3) is 1.93. The van der Waals surface area contributed by atoms with E-state index in [4.69, 9.17) is 0 Å². The molecule has 1 unspecified atom stereocenters. The van der Waals surface area contributed by atoms with Gasteiger partial charge in [-0.05, 0) is 41.6 Å². The Morgan fingerprint density at radius 3 is 2.64 bits per heavy atom. The van der Waals surface area contributed by atoms with Crippen molar-refractivity contribution < 1.29 is 0 Å². The van der Waals surface area contributed by atoms with Crippen LogP contribution in [0.2, 0.25) is 0 Å². The predicted octanol–water partition coefficient (Wildman–Crippen LogP) is 2.93. The van der Waals surface area contributed by atoms with Gasteiger partial charge in [0.1, 0.15) is 0 Å². The molecule has 0 N–H and O–H groups in total. The number of aromatic nitrogens is 2. The SMILES string of the molecule is CC(C1CCC1)N(C)c1nnc(Br)s1. The molecule has 14 heavy (non-hydrogen) atoms. The molecule has 1 aliphatic rings. The molecule has 0 spiro atoms. The third-order valence-electron chi connectivity index (χ3n) is 3.13. The normalized spacial score (nSPS) is 19.1. The number of nitrogens with zero attached hydrogens (tertiary/aromatic N) is 3. The van der Waals surface area contributed by atoms with Crippen molar-refractivity contribution in [2.45, 2.75) is 32.2 Å². The molecule has 1 atom stereocenters. The maximum absolute atomic E-state index is 4.13. The summed E-state index contributed by atoms with van der Waals surface area (Å²) >= 11 is 4.93. The van der Waals surface area contributed by atoms with Gasteiger partial charge in [-0.3, -0.25) is 0 Å². The van der Waals surface area contributed by atoms with Gasteiger partial charge in [0.05, 0.1) is 0 Å². The van der Waals surface area contributed by atoms with Crippen molar-refractivity contribution in [3.05, 3.63) is 3.92 Å².